The standard InChI is InChI=1S/C30H36O5/c1-19(10-21-4-6-25(7-5-21)29(31)32)26-8-9-27(28(14-26)35-18-34-20(2)33-3)30-15-22-11-23(16-30)13-24(12-22)17-30/h4-10,14,20,22-24H,11-13,15-18H2,1-3H3,(H,31,32). The van der Waals surface area contributed by atoms with Crippen molar-refractivity contribution < 1.29 is 24.1 Å². The summed E-state index contributed by atoms with van der Waals surface area (Å²) in [7, 11) is 1.63. The van der Waals surface area contributed by atoms with Crippen LogP contribution in [0.1, 0.15) is 79.4 Å². The predicted octanol–water partition coefficient (Wildman–Crippen LogP) is 6.76. The first-order valence-electron chi connectivity index (χ1n) is 12.8. The predicted molar refractivity (Wildman–Crippen MR) is 136 cm³/mol. The van der Waals surface area contributed by atoms with Crippen LogP contribution in [0.15, 0.2) is 42.5 Å². The van der Waals surface area contributed by atoms with Crippen molar-refractivity contribution in [1.82, 2.24) is 0 Å². The maximum atomic E-state index is 11.2. The van der Waals surface area contributed by atoms with Gasteiger partial charge in [-0.1, -0.05) is 30.3 Å². The number of carboxylic acid groups (broad SMARTS) is 1. The molecule has 1 atom stereocenters. The summed E-state index contributed by atoms with van der Waals surface area (Å²) in [5.41, 5.74) is 5.02. The van der Waals surface area contributed by atoms with E-state index in [1.807, 2.05) is 19.1 Å². The largest absolute Gasteiger partial charge is 0.478 e. The smallest absolute Gasteiger partial charge is 0.335 e. The Morgan fingerprint density at radius 1 is 1.03 bits per heavy atom. The Morgan fingerprint density at radius 3 is 2.20 bits per heavy atom. The molecule has 4 fully saturated rings. The molecular formula is C30H36O5. The van der Waals surface area contributed by atoms with E-state index < -0.39 is 5.97 Å². The molecule has 0 heterocycles. The van der Waals surface area contributed by atoms with Gasteiger partial charge in [0, 0.05) is 12.7 Å². The zero-order chi connectivity index (χ0) is 24.6. The molecule has 2 aromatic carbocycles. The Labute approximate surface area is 208 Å². The molecule has 2 aromatic rings. The Kier molecular flexibility index (Phi) is 6.73. The summed E-state index contributed by atoms with van der Waals surface area (Å²) in [6, 6.07) is 13.6. The highest BCUT2D eigenvalue weighted by Crippen LogP contribution is 2.62. The monoisotopic (exact) mass is 476 g/mol. The van der Waals surface area contributed by atoms with Gasteiger partial charge in [0.15, 0.2) is 13.1 Å². The number of ether oxygens (including phenoxy) is 3. The van der Waals surface area contributed by atoms with Gasteiger partial charge in [-0.25, -0.2) is 4.79 Å². The SMILES string of the molecule is COC(C)OCOc1cc(C(C)=Cc2ccc(C(=O)O)cc2)ccc1C12CC3CC(CC(C3)C1)C2. The van der Waals surface area contributed by atoms with Crippen LogP contribution in [0.2, 0.25) is 0 Å². The molecule has 1 unspecified atom stereocenters. The first-order valence-corrected chi connectivity index (χ1v) is 12.8. The van der Waals surface area contributed by atoms with E-state index in [9.17, 15) is 4.79 Å². The van der Waals surface area contributed by atoms with Gasteiger partial charge in [-0.3, -0.25) is 0 Å². The van der Waals surface area contributed by atoms with Gasteiger partial charge in [0.1, 0.15) is 5.75 Å². The van der Waals surface area contributed by atoms with Crippen LogP contribution in [0, 0.1) is 17.8 Å². The van der Waals surface area contributed by atoms with Crippen molar-refractivity contribution in [2.75, 3.05) is 13.9 Å². The molecule has 5 nitrogen and oxygen atoms in total. The number of hydrogen-bond donors (Lipinski definition) is 1. The number of methoxy groups -OCH3 is 1. The van der Waals surface area contributed by atoms with Crippen molar-refractivity contribution in [3.8, 4) is 5.75 Å². The number of carboxylic acids is 1. The van der Waals surface area contributed by atoms with Crippen LogP contribution in [-0.2, 0) is 14.9 Å². The van der Waals surface area contributed by atoms with Gasteiger partial charge in [0.05, 0.1) is 5.56 Å². The molecule has 0 saturated heterocycles. The van der Waals surface area contributed by atoms with Crippen LogP contribution in [0.4, 0.5) is 0 Å². The summed E-state index contributed by atoms with van der Waals surface area (Å²) >= 11 is 0. The van der Waals surface area contributed by atoms with Crippen molar-refractivity contribution in [2.45, 2.75) is 64.1 Å². The molecule has 0 spiro atoms. The lowest BCUT2D eigenvalue weighted by Crippen LogP contribution is -2.48. The van der Waals surface area contributed by atoms with Gasteiger partial charge >= 0.3 is 5.97 Å². The fourth-order valence-corrected chi connectivity index (χ4v) is 7.08. The molecule has 4 aliphatic rings. The number of rotatable bonds is 9. The Morgan fingerprint density at radius 2 is 1.63 bits per heavy atom. The number of hydrogen-bond acceptors (Lipinski definition) is 4. The maximum absolute atomic E-state index is 11.2. The lowest BCUT2D eigenvalue weighted by Gasteiger charge is -2.57. The van der Waals surface area contributed by atoms with Crippen LogP contribution in [0.3, 0.4) is 0 Å². The highest BCUT2D eigenvalue weighted by atomic mass is 16.7. The van der Waals surface area contributed by atoms with Gasteiger partial charge in [0.25, 0.3) is 0 Å². The molecule has 4 aliphatic carbocycles. The average Bonchev–Trinajstić information content (AvgIpc) is 2.83. The number of aromatic carboxylic acids is 1. The third kappa shape index (κ3) is 5.03. The molecule has 0 aliphatic heterocycles. The fourth-order valence-electron chi connectivity index (χ4n) is 7.08. The average molecular weight is 477 g/mol. The van der Waals surface area contributed by atoms with E-state index in [2.05, 4.69) is 31.2 Å². The first kappa shape index (κ1) is 24.1. The highest BCUT2D eigenvalue weighted by molar-refractivity contribution is 5.88. The summed E-state index contributed by atoms with van der Waals surface area (Å²) < 4.78 is 17.2. The van der Waals surface area contributed by atoms with Gasteiger partial charge in [-0.15, -0.1) is 0 Å². The van der Waals surface area contributed by atoms with E-state index in [-0.39, 0.29) is 18.5 Å². The van der Waals surface area contributed by atoms with Crippen molar-refractivity contribution in [1.29, 1.82) is 0 Å². The van der Waals surface area contributed by atoms with Crippen LogP contribution in [0.25, 0.3) is 11.6 Å². The minimum absolute atomic E-state index is 0.150. The van der Waals surface area contributed by atoms with Crippen LogP contribution in [0.5, 0.6) is 5.75 Å². The van der Waals surface area contributed by atoms with Gasteiger partial charge < -0.3 is 19.3 Å². The summed E-state index contributed by atoms with van der Waals surface area (Å²) in [5, 5.41) is 9.15. The number of carbonyl (C=O) groups is 1. The van der Waals surface area contributed by atoms with E-state index in [0.717, 1.165) is 40.2 Å². The van der Waals surface area contributed by atoms with E-state index >= 15 is 0 Å². The zero-order valence-electron chi connectivity index (χ0n) is 21.0. The molecule has 4 bridgehead atoms. The van der Waals surface area contributed by atoms with Crippen molar-refractivity contribution in [2.24, 2.45) is 17.8 Å². The van der Waals surface area contributed by atoms with Crippen molar-refractivity contribution >= 4 is 17.6 Å². The molecule has 35 heavy (non-hydrogen) atoms. The van der Waals surface area contributed by atoms with Crippen molar-refractivity contribution in [3.05, 3.63) is 64.7 Å². The Balaban J connectivity index is 1.45. The molecule has 186 valence electrons. The van der Waals surface area contributed by atoms with E-state index in [4.69, 9.17) is 19.3 Å². The summed E-state index contributed by atoms with van der Waals surface area (Å²) in [6.07, 6.45) is 9.80. The molecule has 6 rings (SSSR count). The summed E-state index contributed by atoms with van der Waals surface area (Å²) in [4.78, 5) is 11.2. The molecule has 0 amide bonds. The van der Waals surface area contributed by atoms with E-state index in [1.54, 1.807) is 19.2 Å². The zero-order valence-corrected chi connectivity index (χ0v) is 21.0. The van der Waals surface area contributed by atoms with E-state index in [0.29, 0.717) is 5.56 Å². The second-order valence-electron chi connectivity index (χ2n) is 10.9. The Hall–Kier alpha value is -2.63. The third-order valence-corrected chi connectivity index (χ3v) is 8.44. The van der Waals surface area contributed by atoms with Gasteiger partial charge in [-0.05, 0) is 110 Å². The number of allylic oxidation sites excluding steroid dienone is 1. The molecule has 1 N–H and O–H groups in total. The molecular weight excluding hydrogens is 440 g/mol. The van der Waals surface area contributed by atoms with Crippen LogP contribution >= 0.6 is 0 Å². The lowest BCUT2D eigenvalue weighted by molar-refractivity contribution is -0.150. The minimum Gasteiger partial charge on any atom is -0.478 e. The van der Waals surface area contributed by atoms with Crippen LogP contribution < -0.4 is 4.74 Å². The normalized spacial score (nSPS) is 28.2. The third-order valence-electron chi connectivity index (χ3n) is 8.44. The maximum Gasteiger partial charge on any atom is 0.335 e. The summed E-state index contributed by atoms with van der Waals surface area (Å²) in [6.45, 7) is 4.09. The first-order chi connectivity index (χ1) is 16.8. The fraction of sp³-hybridized carbons (Fsp3) is 0.500. The molecule has 4 saturated carbocycles. The lowest BCUT2D eigenvalue weighted by atomic mass is 9.48. The molecule has 0 aromatic heterocycles. The van der Waals surface area contributed by atoms with Gasteiger partial charge in [0.2, 0.25) is 0 Å². The second-order valence-corrected chi connectivity index (χ2v) is 10.9. The summed E-state index contributed by atoms with van der Waals surface area (Å²) in [5.74, 6) is 2.57. The molecule has 5 heteroatoms. The van der Waals surface area contributed by atoms with E-state index in [1.165, 1.54) is 44.1 Å². The van der Waals surface area contributed by atoms with Crippen molar-refractivity contribution in [3.63, 3.8) is 0 Å². The Bertz CT molecular complexity index is 1060. The van der Waals surface area contributed by atoms with Gasteiger partial charge in [-0.2, -0.15) is 0 Å². The minimum atomic E-state index is -0.913. The highest BCUT2D eigenvalue weighted by Gasteiger charge is 2.52. The quantitative estimate of drug-likeness (QED) is 0.320. The molecule has 0 radical (unpaired) electrons. The second kappa shape index (κ2) is 9.79. The van der Waals surface area contributed by atoms with Crippen LogP contribution in [-0.4, -0.2) is 31.3 Å². The number of benzene rings is 2. The topological polar surface area (TPSA) is 65.0 Å².